The molecular weight excluding hydrogens is 166 g/mol. The molecule has 0 radical (unpaired) electrons. The van der Waals surface area contributed by atoms with Crippen LogP contribution in [0.1, 0.15) is 36.7 Å². The van der Waals surface area contributed by atoms with E-state index in [1.165, 1.54) is 12.5 Å². The van der Waals surface area contributed by atoms with Crippen LogP contribution in [0.5, 0.6) is 0 Å². The third-order valence-electron chi connectivity index (χ3n) is 2.51. The van der Waals surface area contributed by atoms with Gasteiger partial charge in [-0.1, -0.05) is 6.42 Å². The van der Waals surface area contributed by atoms with E-state index in [1.54, 1.807) is 0 Å². The predicted octanol–water partition coefficient (Wildman–Crippen LogP) is 0.496. The molecule has 4 heteroatoms. The van der Waals surface area contributed by atoms with Gasteiger partial charge in [-0.3, -0.25) is 4.79 Å². The Kier molecular flexibility index (Phi) is 2.14. The van der Waals surface area contributed by atoms with Crippen molar-refractivity contribution in [2.75, 3.05) is 0 Å². The maximum absolute atomic E-state index is 11.2. The lowest BCUT2D eigenvalue weighted by Gasteiger charge is -2.24. The molecule has 0 atom stereocenters. The molecule has 1 aromatic heterocycles. The van der Waals surface area contributed by atoms with Gasteiger partial charge in [0.2, 0.25) is 0 Å². The molecule has 1 aliphatic carbocycles. The maximum atomic E-state index is 11.2. The van der Waals surface area contributed by atoms with Crippen molar-refractivity contribution in [3.63, 3.8) is 0 Å². The Bertz CT molecular complexity index is 354. The van der Waals surface area contributed by atoms with Gasteiger partial charge < -0.3 is 10.7 Å². The first kappa shape index (κ1) is 8.44. The Hall–Kier alpha value is -1.16. The Labute approximate surface area is 76.2 Å². The van der Waals surface area contributed by atoms with E-state index in [1.807, 2.05) is 0 Å². The summed E-state index contributed by atoms with van der Waals surface area (Å²) in [7, 11) is 0. The van der Waals surface area contributed by atoms with Crippen molar-refractivity contribution in [3.05, 3.63) is 27.9 Å². The van der Waals surface area contributed by atoms with E-state index in [2.05, 4.69) is 9.97 Å². The van der Waals surface area contributed by atoms with Gasteiger partial charge in [-0.05, 0) is 12.8 Å². The monoisotopic (exact) mass is 179 g/mol. The van der Waals surface area contributed by atoms with Crippen LogP contribution in [0, 0.1) is 0 Å². The van der Waals surface area contributed by atoms with Crippen LogP contribution in [0.15, 0.2) is 10.9 Å². The Balaban J connectivity index is 2.34. The molecule has 4 nitrogen and oxygen atoms in total. The molecule has 0 unspecified atom stereocenters. The van der Waals surface area contributed by atoms with Crippen LogP contribution in [0.25, 0.3) is 0 Å². The normalized spacial score (nSPS) is 17.0. The second-order valence-corrected chi connectivity index (χ2v) is 3.45. The van der Waals surface area contributed by atoms with Crippen LogP contribution in [0.3, 0.4) is 0 Å². The quantitative estimate of drug-likeness (QED) is 0.694. The van der Waals surface area contributed by atoms with Gasteiger partial charge in [0, 0.05) is 18.5 Å². The number of rotatable bonds is 2. The summed E-state index contributed by atoms with van der Waals surface area (Å²) in [5, 5.41) is 0. The SMILES string of the molecule is NCc1cc(=O)[nH]c(C2CCC2)n1. The molecule has 13 heavy (non-hydrogen) atoms. The zero-order chi connectivity index (χ0) is 9.26. The van der Waals surface area contributed by atoms with Gasteiger partial charge >= 0.3 is 0 Å². The van der Waals surface area contributed by atoms with E-state index in [9.17, 15) is 4.79 Å². The summed E-state index contributed by atoms with van der Waals surface area (Å²) in [5.41, 5.74) is 6.03. The Morgan fingerprint density at radius 1 is 1.62 bits per heavy atom. The van der Waals surface area contributed by atoms with Crippen molar-refractivity contribution >= 4 is 0 Å². The second kappa shape index (κ2) is 3.30. The van der Waals surface area contributed by atoms with E-state index in [0.717, 1.165) is 18.7 Å². The lowest BCUT2D eigenvalue weighted by molar-refractivity contribution is 0.399. The van der Waals surface area contributed by atoms with E-state index in [0.29, 0.717) is 18.2 Å². The fourth-order valence-electron chi connectivity index (χ4n) is 1.51. The summed E-state index contributed by atoms with van der Waals surface area (Å²) in [5.74, 6) is 1.28. The molecule has 1 aromatic rings. The first-order chi connectivity index (χ1) is 6.29. The van der Waals surface area contributed by atoms with Gasteiger partial charge in [0.1, 0.15) is 5.82 Å². The second-order valence-electron chi connectivity index (χ2n) is 3.45. The van der Waals surface area contributed by atoms with Crippen molar-refractivity contribution in [1.29, 1.82) is 0 Å². The van der Waals surface area contributed by atoms with Gasteiger partial charge in [-0.25, -0.2) is 4.98 Å². The van der Waals surface area contributed by atoms with Crippen molar-refractivity contribution in [2.24, 2.45) is 5.73 Å². The molecule has 0 aliphatic heterocycles. The van der Waals surface area contributed by atoms with Gasteiger partial charge in [0.15, 0.2) is 0 Å². The van der Waals surface area contributed by atoms with E-state index < -0.39 is 0 Å². The highest BCUT2D eigenvalue weighted by Gasteiger charge is 2.21. The molecule has 70 valence electrons. The van der Waals surface area contributed by atoms with Crippen LogP contribution in [0.4, 0.5) is 0 Å². The van der Waals surface area contributed by atoms with Crippen molar-refractivity contribution in [1.82, 2.24) is 9.97 Å². The highest BCUT2D eigenvalue weighted by molar-refractivity contribution is 5.07. The molecule has 0 aromatic carbocycles. The third kappa shape index (κ3) is 1.62. The predicted molar refractivity (Wildman–Crippen MR) is 49.3 cm³/mol. The van der Waals surface area contributed by atoms with Crippen molar-refractivity contribution in [2.45, 2.75) is 31.7 Å². The summed E-state index contributed by atoms with van der Waals surface area (Å²) in [6.45, 7) is 0.337. The minimum absolute atomic E-state index is 0.0858. The molecule has 1 heterocycles. The molecule has 1 saturated carbocycles. The molecule has 0 saturated heterocycles. The van der Waals surface area contributed by atoms with E-state index in [-0.39, 0.29) is 5.56 Å². The topological polar surface area (TPSA) is 71.8 Å². The number of nitrogens with zero attached hydrogens (tertiary/aromatic N) is 1. The fraction of sp³-hybridized carbons (Fsp3) is 0.556. The van der Waals surface area contributed by atoms with Crippen LogP contribution < -0.4 is 11.3 Å². The molecule has 1 fully saturated rings. The van der Waals surface area contributed by atoms with E-state index in [4.69, 9.17) is 5.73 Å². The summed E-state index contributed by atoms with van der Waals surface area (Å²) in [6.07, 6.45) is 3.51. The first-order valence-corrected chi connectivity index (χ1v) is 4.60. The van der Waals surface area contributed by atoms with Crippen LogP contribution >= 0.6 is 0 Å². The number of hydrogen-bond donors (Lipinski definition) is 2. The highest BCUT2D eigenvalue weighted by atomic mass is 16.1. The minimum atomic E-state index is -0.0858. The van der Waals surface area contributed by atoms with Crippen LogP contribution in [-0.2, 0) is 6.54 Å². The van der Waals surface area contributed by atoms with Crippen LogP contribution in [-0.4, -0.2) is 9.97 Å². The molecule has 3 N–H and O–H groups in total. The van der Waals surface area contributed by atoms with Gasteiger partial charge in [-0.15, -0.1) is 0 Å². The molecular formula is C9H13N3O. The van der Waals surface area contributed by atoms with Crippen LogP contribution in [0.2, 0.25) is 0 Å². The van der Waals surface area contributed by atoms with Gasteiger partial charge in [0.05, 0.1) is 5.69 Å². The lowest BCUT2D eigenvalue weighted by Crippen LogP contribution is -2.20. The standard InChI is InChI=1S/C9H13N3O/c10-5-7-4-8(13)12-9(11-7)6-2-1-3-6/h4,6H,1-3,5,10H2,(H,11,12,13). The zero-order valence-electron chi connectivity index (χ0n) is 7.42. The van der Waals surface area contributed by atoms with Crippen molar-refractivity contribution in [3.8, 4) is 0 Å². The molecule has 0 bridgehead atoms. The number of H-pyrrole nitrogens is 1. The Morgan fingerprint density at radius 2 is 2.38 bits per heavy atom. The summed E-state index contributed by atoms with van der Waals surface area (Å²) < 4.78 is 0. The summed E-state index contributed by atoms with van der Waals surface area (Å²) >= 11 is 0. The molecule has 2 rings (SSSR count). The Morgan fingerprint density at radius 3 is 2.92 bits per heavy atom. The lowest BCUT2D eigenvalue weighted by atomic mass is 9.85. The molecule has 1 aliphatic rings. The number of aromatic nitrogens is 2. The van der Waals surface area contributed by atoms with Gasteiger partial charge in [0.25, 0.3) is 5.56 Å². The highest BCUT2D eigenvalue weighted by Crippen LogP contribution is 2.33. The molecule has 0 spiro atoms. The zero-order valence-corrected chi connectivity index (χ0v) is 7.42. The average Bonchev–Trinajstić information content (AvgIpc) is 2.00. The molecule has 0 amide bonds. The van der Waals surface area contributed by atoms with Crippen molar-refractivity contribution < 1.29 is 0 Å². The summed E-state index contributed by atoms with van der Waals surface area (Å²) in [4.78, 5) is 18.2. The number of aromatic amines is 1. The summed E-state index contributed by atoms with van der Waals surface area (Å²) in [6, 6.07) is 1.46. The fourth-order valence-corrected chi connectivity index (χ4v) is 1.51. The number of hydrogen-bond acceptors (Lipinski definition) is 3. The number of nitrogens with one attached hydrogen (secondary N) is 1. The van der Waals surface area contributed by atoms with Gasteiger partial charge in [-0.2, -0.15) is 0 Å². The average molecular weight is 179 g/mol. The first-order valence-electron chi connectivity index (χ1n) is 4.60. The number of nitrogens with two attached hydrogens (primary N) is 1. The smallest absolute Gasteiger partial charge is 0.251 e. The minimum Gasteiger partial charge on any atom is -0.325 e. The third-order valence-corrected chi connectivity index (χ3v) is 2.51. The maximum Gasteiger partial charge on any atom is 0.251 e. The largest absolute Gasteiger partial charge is 0.325 e. The van der Waals surface area contributed by atoms with E-state index >= 15 is 0 Å².